The molecule has 0 aromatic heterocycles. The van der Waals surface area contributed by atoms with Gasteiger partial charge in [-0.05, 0) is 25.0 Å². The molecule has 0 aliphatic carbocycles. The summed E-state index contributed by atoms with van der Waals surface area (Å²) in [5.41, 5.74) is 5.41. The number of nitrogens with zero attached hydrogens (tertiary/aromatic N) is 1. The van der Waals surface area contributed by atoms with Crippen molar-refractivity contribution in [2.45, 2.75) is 44.6 Å². The van der Waals surface area contributed by atoms with Crippen LogP contribution in [0.3, 0.4) is 0 Å². The molecule has 5 nitrogen and oxygen atoms in total. The van der Waals surface area contributed by atoms with E-state index in [-0.39, 0.29) is 5.91 Å². The van der Waals surface area contributed by atoms with Crippen LogP contribution in [-0.2, 0) is 9.59 Å². The van der Waals surface area contributed by atoms with Gasteiger partial charge in [0.15, 0.2) is 0 Å². The van der Waals surface area contributed by atoms with Crippen molar-refractivity contribution in [3.05, 3.63) is 0 Å². The van der Waals surface area contributed by atoms with Gasteiger partial charge in [-0.1, -0.05) is 19.3 Å². The maximum Gasteiger partial charge on any atom is 0.320 e. The van der Waals surface area contributed by atoms with Gasteiger partial charge in [-0.25, -0.2) is 0 Å². The molecule has 1 aliphatic heterocycles. The van der Waals surface area contributed by atoms with Crippen LogP contribution >= 0.6 is 11.8 Å². The zero-order chi connectivity index (χ0) is 14.1. The topological polar surface area (TPSA) is 83.6 Å². The highest BCUT2D eigenvalue weighted by atomic mass is 32.2. The van der Waals surface area contributed by atoms with E-state index in [9.17, 15) is 9.59 Å². The molecule has 0 saturated carbocycles. The number of carboxylic acid groups (broad SMARTS) is 1. The van der Waals surface area contributed by atoms with Crippen molar-refractivity contribution in [2.75, 3.05) is 24.6 Å². The number of hydrogen-bond acceptors (Lipinski definition) is 4. The predicted octanol–water partition coefficient (Wildman–Crippen LogP) is 1.31. The molecule has 1 atom stereocenters. The van der Waals surface area contributed by atoms with Crippen molar-refractivity contribution < 1.29 is 14.7 Å². The van der Waals surface area contributed by atoms with E-state index in [0.29, 0.717) is 17.9 Å². The number of carboxylic acids is 1. The van der Waals surface area contributed by atoms with Crippen molar-refractivity contribution in [1.29, 1.82) is 0 Å². The molecule has 1 rings (SSSR count). The van der Waals surface area contributed by atoms with E-state index in [0.717, 1.165) is 25.9 Å². The molecule has 19 heavy (non-hydrogen) atoms. The first-order chi connectivity index (χ1) is 9.11. The molecule has 110 valence electrons. The second-order valence-electron chi connectivity index (χ2n) is 4.93. The van der Waals surface area contributed by atoms with Gasteiger partial charge in [-0.2, -0.15) is 11.8 Å². The Morgan fingerprint density at radius 3 is 2.32 bits per heavy atom. The van der Waals surface area contributed by atoms with Gasteiger partial charge in [-0.15, -0.1) is 0 Å². The normalized spacial score (nSPS) is 18.5. The second-order valence-corrected chi connectivity index (χ2v) is 6.04. The van der Waals surface area contributed by atoms with Crippen LogP contribution < -0.4 is 5.73 Å². The number of carbonyl (C=O) groups is 2. The maximum atomic E-state index is 12.0. The van der Waals surface area contributed by atoms with Crippen molar-refractivity contribution in [1.82, 2.24) is 4.90 Å². The second kappa shape index (κ2) is 9.20. The Balaban J connectivity index is 2.17. The summed E-state index contributed by atoms with van der Waals surface area (Å²) in [5.74, 6) is 0.255. The molecule has 0 aromatic carbocycles. The van der Waals surface area contributed by atoms with Crippen LogP contribution in [0.1, 0.15) is 38.5 Å². The van der Waals surface area contributed by atoms with Gasteiger partial charge in [0.05, 0.1) is 5.75 Å². The number of rotatable bonds is 6. The van der Waals surface area contributed by atoms with E-state index in [1.54, 1.807) is 0 Å². The van der Waals surface area contributed by atoms with Gasteiger partial charge in [0, 0.05) is 13.1 Å². The summed E-state index contributed by atoms with van der Waals surface area (Å²) in [4.78, 5) is 24.5. The molecule has 1 fully saturated rings. The Bertz CT molecular complexity index is 292. The molecule has 0 radical (unpaired) electrons. The summed E-state index contributed by atoms with van der Waals surface area (Å²) in [7, 11) is 0. The van der Waals surface area contributed by atoms with E-state index < -0.39 is 12.0 Å². The van der Waals surface area contributed by atoms with Crippen LogP contribution in [0.4, 0.5) is 0 Å². The minimum atomic E-state index is -0.976. The minimum Gasteiger partial charge on any atom is -0.480 e. The number of carbonyl (C=O) groups excluding carboxylic acids is 1. The quantitative estimate of drug-likeness (QED) is 0.720. The van der Waals surface area contributed by atoms with Gasteiger partial charge < -0.3 is 15.7 Å². The molecule has 1 heterocycles. The Morgan fingerprint density at radius 2 is 1.74 bits per heavy atom. The molecule has 6 heteroatoms. The number of nitrogens with two attached hydrogens (primary N) is 1. The van der Waals surface area contributed by atoms with E-state index >= 15 is 0 Å². The van der Waals surface area contributed by atoms with E-state index in [1.807, 2.05) is 4.90 Å². The number of likely N-dealkylation sites (tertiary alicyclic amines) is 1. The maximum absolute atomic E-state index is 12.0. The smallest absolute Gasteiger partial charge is 0.320 e. The lowest BCUT2D eigenvalue weighted by Gasteiger charge is -2.24. The number of aliphatic carboxylic acids is 1. The fourth-order valence-corrected chi connectivity index (χ4v) is 3.00. The molecular weight excluding hydrogens is 264 g/mol. The number of thioether (sulfide) groups is 1. The monoisotopic (exact) mass is 288 g/mol. The molecule has 1 saturated heterocycles. The lowest BCUT2D eigenvalue weighted by molar-refractivity contribution is -0.138. The van der Waals surface area contributed by atoms with Gasteiger partial charge in [0.25, 0.3) is 0 Å². The third-order valence-corrected chi connectivity index (χ3v) is 4.30. The van der Waals surface area contributed by atoms with Crippen LogP contribution in [0, 0.1) is 0 Å². The van der Waals surface area contributed by atoms with E-state index in [2.05, 4.69) is 0 Å². The van der Waals surface area contributed by atoms with Crippen LogP contribution in [0.2, 0.25) is 0 Å². The first-order valence-electron chi connectivity index (χ1n) is 6.95. The molecule has 1 aliphatic rings. The summed E-state index contributed by atoms with van der Waals surface area (Å²) in [6.07, 6.45) is 6.31. The van der Waals surface area contributed by atoms with Crippen LogP contribution in [0.15, 0.2) is 0 Å². The third-order valence-electron chi connectivity index (χ3n) is 3.32. The fraction of sp³-hybridized carbons (Fsp3) is 0.846. The number of hydrogen-bond donors (Lipinski definition) is 2. The summed E-state index contributed by atoms with van der Waals surface area (Å²) >= 11 is 1.48. The Labute approximate surface area is 118 Å². The molecule has 1 unspecified atom stereocenters. The standard InChI is InChI=1S/C13H24N2O3S/c14-11(13(17)18)6-9-19-10-12(16)15-7-4-2-1-3-5-8-15/h11H,1-10,14H2,(H,17,18). The van der Waals surface area contributed by atoms with Crippen molar-refractivity contribution in [2.24, 2.45) is 5.73 Å². The Kier molecular flexibility index (Phi) is 7.90. The van der Waals surface area contributed by atoms with Gasteiger partial charge in [0.1, 0.15) is 6.04 Å². The first kappa shape index (κ1) is 16.3. The van der Waals surface area contributed by atoms with Crippen LogP contribution in [0.25, 0.3) is 0 Å². The summed E-state index contributed by atoms with van der Waals surface area (Å²) in [6.45, 7) is 1.74. The van der Waals surface area contributed by atoms with Crippen molar-refractivity contribution in [3.63, 3.8) is 0 Å². The average molecular weight is 288 g/mol. The van der Waals surface area contributed by atoms with Gasteiger partial charge in [-0.3, -0.25) is 9.59 Å². The lowest BCUT2D eigenvalue weighted by Crippen LogP contribution is -2.35. The van der Waals surface area contributed by atoms with Gasteiger partial charge >= 0.3 is 5.97 Å². The Hall–Kier alpha value is -0.750. The molecule has 0 spiro atoms. The van der Waals surface area contributed by atoms with Crippen LogP contribution in [-0.4, -0.2) is 52.5 Å². The lowest BCUT2D eigenvalue weighted by atomic mass is 10.1. The van der Waals surface area contributed by atoms with Crippen molar-refractivity contribution in [3.8, 4) is 0 Å². The zero-order valence-corrected chi connectivity index (χ0v) is 12.2. The SMILES string of the molecule is NC(CCSCC(=O)N1CCCCCCC1)C(=O)O. The summed E-state index contributed by atoms with van der Waals surface area (Å²) in [5, 5.41) is 8.64. The highest BCUT2D eigenvalue weighted by Crippen LogP contribution is 2.12. The largest absolute Gasteiger partial charge is 0.480 e. The van der Waals surface area contributed by atoms with E-state index in [4.69, 9.17) is 10.8 Å². The van der Waals surface area contributed by atoms with Crippen LogP contribution in [0.5, 0.6) is 0 Å². The summed E-state index contributed by atoms with van der Waals surface area (Å²) < 4.78 is 0. The highest BCUT2D eigenvalue weighted by molar-refractivity contribution is 7.99. The summed E-state index contributed by atoms with van der Waals surface area (Å²) in [6, 6.07) is -0.815. The molecule has 1 amide bonds. The number of amides is 1. The first-order valence-corrected chi connectivity index (χ1v) is 8.10. The molecule has 3 N–H and O–H groups in total. The Morgan fingerprint density at radius 1 is 1.16 bits per heavy atom. The third kappa shape index (κ3) is 6.82. The van der Waals surface area contributed by atoms with Gasteiger partial charge in [0.2, 0.25) is 5.91 Å². The fourth-order valence-electron chi connectivity index (χ4n) is 2.08. The van der Waals surface area contributed by atoms with E-state index in [1.165, 1.54) is 31.0 Å². The zero-order valence-electron chi connectivity index (χ0n) is 11.3. The average Bonchev–Trinajstić information content (AvgIpc) is 2.33. The van der Waals surface area contributed by atoms with Crippen molar-refractivity contribution >= 4 is 23.6 Å². The minimum absolute atomic E-state index is 0.177. The molecular formula is C13H24N2O3S. The predicted molar refractivity (Wildman–Crippen MR) is 77.2 cm³/mol. The molecule has 0 bridgehead atoms. The molecule has 0 aromatic rings. The highest BCUT2D eigenvalue weighted by Gasteiger charge is 2.15.